The van der Waals surface area contributed by atoms with Crippen molar-refractivity contribution in [3.63, 3.8) is 0 Å². The van der Waals surface area contributed by atoms with Crippen LogP contribution in [0, 0.1) is 50.7 Å². The number of aliphatic hydroxyl groups is 1. The number of esters is 1. The fourth-order valence-electron chi connectivity index (χ4n) is 15.0. The molecule has 0 amide bonds. The SMILES string of the molecule is CC[Si](CC)(CC)O[C@H]1[C@H]2O[C@@H]([C@H](OC(C)=O)C(C)(C)O)C[C@@H](C)[C@@H]2[C@@]2(C)CC[C@@]34CC35CCC(O[C@H]3CCCCO3)C(C)(C)[C@@H]5CC[C@H]4[C@]12C. The summed E-state index contributed by atoms with van der Waals surface area (Å²) >= 11 is 0. The zero-order valence-corrected chi connectivity index (χ0v) is 35.3. The van der Waals surface area contributed by atoms with Crippen molar-refractivity contribution in [2.45, 2.75) is 207 Å². The first-order valence-electron chi connectivity index (χ1n) is 21.4. The predicted molar refractivity (Wildman–Crippen MR) is 202 cm³/mol. The van der Waals surface area contributed by atoms with E-state index in [1.165, 1.54) is 51.9 Å². The highest BCUT2D eigenvalue weighted by atomic mass is 28.4. The molecular formula is C43H74O7Si. The molecule has 7 aliphatic rings. The second-order valence-electron chi connectivity index (χ2n) is 20.5. The van der Waals surface area contributed by atoms with Crippen LogP contribution in [0.2, 0.25) is 18.1 Å². The number of carbonyl (C=O) groups excluding carboxylic acids is 1. The summed E-state index contributed by atoms with van der Waals surface area (Å²) in [5.74, 6) is 1.62. The molecule has 2 heterocycles. The standard InChI is InChI=1S/C43H74O7Si/c1-12-51(13-2,14-3)50-37-35-34(27(4)25-29(48-35)36(39(8,9)45)47-28(5)44)40(10)22-23-43-26-42(43)21-20-32(49-33-17-15-16-24-46-33)38(6,7)30(42)18-19-31(43)41(37,40)11/h27,29-37,45H,12-26H2,1-11H3/t27-,29-,30+,31+,32?,33+,34+,35+,36+,37+,40-,41-,42?,43+/m1/s1. The zero-order chi connectivity index (χ0) is 37.0. The molecule has 5 aliphatic carbocycles. The van der Waals surface area contributed by atoms with Crippen molar-refractivity contribution in [3.05, 3.63) is 0 Å². The van der Waals surface area contributed by atoms with E-state index in [1.807, 2.05) is 0 Å². The molecule has 0 aromatic heterocycles. The Morgan fingerprint density at radius 1 is 0.941 bits per heavy atom. The first-order chi connectivity index (χ1) is 23.9. The van der Waals surface area contributed by atoms with Crippen LogP contribution in [0.5, 0.6) is 0 Å². The highest BCUT2D eigenvalue weighted by Crippen LogP contribution is 2.89. The van der Waals surface area contributed by atoms with Crippen molar-refractivity contribution in [2.75, 3.05) is 6.61 Å². The van der Waals surface area contributed by atoms with Gasteiger partial charge in [-0.1, -0.05) is 55.4 Å². The van der Waals surface area contributed by atoms with Gasteiger partial charge in [-0.25, -0.2) is 0 Å². The van der Waals surface area contributed by atoms with Crippen molar-refractivity contribution in [1.82, 2.24) is 0 Å². The maximum absolute atomic E-state index is 12.4. The van der Waals surface area contributed by atoms with Gasteiger partial charge >= 0.3 is 5.97 Å². The van der Waals surface area contributed by atoms with Gasteiger partial charge in [0.15, 0.2) is 20.7 Å². The maximum atomic E-state index is 12.4. The normalized spacial score (nSPS) is 48.0. The van der Waals surface area contributed by atoms with Gasteiger partial charge in [0.05, 0.1) is 30.0 Å². The second-order valence-corrected chi connectivity index (χ2v) is 25.2. The van der Waals surface area contributed by atoms with E-state index in [0.29, 0.717) is 34.5 Å². The van der Waals surface area contributed by atoms with Crippen molar-refractivity contribution < 1.29 is 33.3 Å². The second kappa shape index (κ2) is 13.0. The quantitative estimate of drug-likeness (QED) is 0.136. The van der Waals surface area contributed by atoms with E-state index in [0.717, 1.165) is 50.4 Å². The summed E-state index contributed by atoms with van der Waals surface area (Å²) < 4.78 is 34.1. The molecule has 51 heavy (non-hydrogen) atoms. The molecule has 7 fully saturated rings. The van der Waals surface area contributed by atoms with Crippen LogP contribution in [0.4, 0.5) is 0 Å². The maximum Gasteiger partial charge on any atom is 0.303 e. The Balaban J connectivity index is 1.25. The van der Waals surface area contributed by atoms with Crippen molar-refractivity contribution >= 4 is 14.3 Å². The number of carbonyl (C=O) groups is 1. The van der Waals surface area contributed by atoms with Crippen LogP contribution < -0.4 is 0 Å². The summed E-state index contributed by atoms with van der Waals surface area (Å²) in [5, 5.41) is 11.3. The summed E-state index contributed by atoms with van der Waals surface area (Å²) in [4.78, 5) is 12.4. The van der Waals surface area contributed by atoms with Crippen LogP contribution in [0.25, 0.3) is 0 Å². The van der Waals surface area contributed by atoms with Gasteiger partial charge in [-0.15, -0.1) is 0 Å². The first-order valence-corrected chi connectivity index (χ1v) is 23.9. The number of hydrogen-bond donors (Lipinski definition) is 1. The summed E-state index contributed by atoms with van der Waals surface area (Å²) in [6.07, 6.45) is 12.1. The fourth-order valence-corrected chi connectivity index (χ4v) is 18.0. The smallest absolute Gasteiger partial charge is 0.303 e. The third-order valence-corrected chi connectivity index (χ3v) is 22.4. The van der Waals surface area contributed by atoms with Gasteiger partial charge in [-0.05, 0) is 148 Å². The van der Waals surface area contributed by atoms with Crippen LogP contribution in [0.1, 0.15) is 147 Å². The lowest BCUT2D eigenvalue weighted by atomic mass is 9.41. The third kappa shape index (κ3) is 5.57. The molecule has 1 N–H and O–H groups in total. The number of ether oxygens (including phenoxy) is 4. The number of hydrogen-bond acceptors (Lipinski definition) is 7. The molecule has 8 heteroatoms. The van der Waals surface area contributed by atoms with Crippen LogP contribution >= 0.6 is 0 Å². The van der Waals surface area contributed by atoms with E-state index in [1.54, 1.807) is 13.8 Å². The molecule has 0 aromatic carbocycles. The number of rotatable bonds is 10. The minimum absolute atomic E-state index is 0.00319. The highest BCUT2D eigenvalue weighted by molar-refractivity contribution is 6.73. The minimum atomic E-state index is -2.05. The van der Waals surface area contributed by atoms with Crippen LogP contribution in [0.3, 0.4) is 0 Å². The van der Waals surface area contributed by atoms with Gasteiger partial charge < -0.3 is 28.5 Å². The molecule has 2 saturated heterocycles. The Morgan fingerprint density at radius 2 is 1.61 bits per heavy atom. The summed E-state index contributed by atoms with van der Waals surface area (Å²) in [6, 6.07) is 3.34. The van der Waals surface area contributed by atoms with E-state index in [9.17, 15) is 9.90 Å². The Labute approximate surface area is 311 Å². The molecule has 2 aliphatic heterocycles. The molecule has 292 valence electrons. The Hall–Kier alpha value is -0.513. The van der Waals surface area contributed by atoms with Gasteiger partial charge in [0.2, 0.25) is 0 Å². The minimum Gasteiger partial charge on any atom is -0.457 e. The lowest BCUT2D eigenvalue weighted by Gasteiger charge is -2.64. The molecule has 0 aromatic rings. The van der Waals surface area contributed by atoms with E-state index < -0.39 is 20.0 Å². The van der Waals surface area contributed by atoms with E-state index in [4.69, 9.17) is 23.4 Å². The van der Waals surface area contributed by atoms with E-state index >= 15 is 0 Å². The van der Waals surface area contributed by atoms with Gasteiger partial charge in [0.25, 0.3) is 0 Å². The topological polar surface area (TPSA) is 83.5 Å². The monoisotopic (exact) mass is 731 g/mol. The van der Waals surface area contributed by atoms with Gasteiger partial charge in [-0.2, -0.15) is 0 Å². The van der Waals surface area contributed by atoms with Crippen LogP contribution in [-0.4, -0.2) is 68.4 Å². The summed E-state index contributed by atoms with van der Waals surface area (Å²) in [5.41, 5.74) is -0.302. The van der Waals surface area contributed by atoms with Gasteiger partial charge in [-0.3, -0.25) is 4.79 Å². The molecule has 7 nitrogen and oxygen atoms in total. The number of fused-ring (bicyclic) bond motifs is 4. The Morgan fingerprint density at radius 3 is 2.22 bits per heavy atom. The van der Waals surface area contributed by atoms with Crippen molar-refractivity contribution in [2.24, 2.45) is 50.7 Å². The summed E-state index contributed by atoms with van der Waals surface area (Å²) in [6.45, 7) is 25.6. The molecule has 0 bridgehead atoms. The van der Waals surface area contributed by atoms with Gasteiger partial charge in [0.1, 0.15) is 0 Å². The molecule has 2 spiro atoms. The zero-order valence-electron chi connectivity index (χ0n) is 34.3. The average Bonchev–Trinajstić information content (AvgIpc) is 3.70. The lowest BCUT2D eigenvalue weighted by Crippen LogP contribution is -2.61. The Kier molecular flexibility index (Phi) is 9.90. The van der Waals surface area contributed by atoms with Crippen LogP contribution in [-0.2, 0) is 28.2 Å². The van der Waals surface area contributed by atoms with Gasteiger partial charge in [0, 0.05) is 18.9 Å². The third-order valence-electron chi connectivity index (χ3n) is 17.8. The van der Waals surface area contributed by atoms with E-state index in [2.05, 4.69) is 55.4 Å². The molecule has 0 radical (unpaired) electrons. The summed E-state index contributed by atoms with van der Waals surface area (Å²) in [7, 11) is -2.05. The molecule has 14 atom stereocenters. The molecule has 2 unspecified atom stereocenters. The fraction of sp³-hybridized carbons (Fsp3) is 0.977. The molecule has 5 saturated carbocycles. The molecular weight excluding hydrogens is 657 g/mol. The van der Waals surface area contributed by atoms with Crippen molar-refractivity contribution in [3.8, 4) is 0 Å². The lowest BCUT2D eigenvalue weighted by molar-refractivity contribution is -0.242. The molecule has 7 rings (SSSR count). The first kappa shape index (κ1) is 38.7. The largest absolute Gasteiger partial charge is 0.457 e. The Bertz CT molecular complexity index is 1300. The average molecular weight is 731 g/mol. The highest BCUT2D eigenvalue weighted by Gasteiger charge is 2.85. The predicted octanol–water partition coefficient (Wildman–Crippen LogP) is 9.44. The van der Waals surface area contributed by atoms with Crippen molar-refractivity contribution in [1.29, 1.82) is 0 Å². The van der Waals surface area contributed by atoms with Crippen LogP contribution in [0.15, 0.2) is 0 Å². The van der Waals surface area contributed by atoms with E-state index in [-0.39, 0.29) is 52.9 Å².